The molecule has 0 radical (unpaired) electrons. The van der Waals surface area contributed by atoms with Gasteiger partial charge in [0.05, 0.1) is 26.8 Å². The number of anilines is 1. The van der Waals surface area contributed by atoms with Crippen molar-refractivity contribution >= 4 is 63.7 Å². The lowest BCUT2D eigenvalue weighted by Crippen LogP contribution is -2.08. The molecule has 0 amide bonds. The second kappa shape index (κ2) is 6.80. The van der Waals surface area contributed by atoms with Gasteiger partial charge in [-0.3, -0.25) is 0 Å². The van der Waals surface area contributed by atoms with Crippen LogP contribution in [0.1, 0.15) is 18.5 Å². The average molecular weight is 387 g/mol. The molecule has 2 aromatic carbocycles. The Morgan fingerprint density at radius 2 is 1.43 bits per heavy atom. The van der Waals surface area contributed by atoms with Gasteiger partial charge in [0.15, 0.2) is 0 Å². The van der Waals surface area contributed by atoms with Gasteiger partial charge in [-0.25, -0.2) is 4.39 Å². The van der Waals surface area contributed by atoms with Crippen LogP contribution in [0.3, 0.4) is 0 Å². The van der Waals surface area contributed by atoms with E-state index in [-0.39, 0.29) is 11.1 Å². The highest BCUT2D eigenvalue weighted by molar-refractivity contribution is 6.41. The molecule has 21 heavy (non-hydrogen) atoms. The zero-order valence-corrected chi connectivity index (χ0v) is 14.4. The first kappa shape index (κ1) is 17.0. The molecule has 1 unspecified atom stereocenters. The van der Waals surface area contributed by atoms with E-state index in [0.717, 1.165) is 0 Å². The van der Waals surface area contributed by atoms with E-state index in [1.54, 1.807) is 19.1 Å². The summed E-state index contributed by atoms with van der Waals surface area (Å²) < 4.78 is 13.6. The van der Waals surface area contributed by atoms with Crippen molar-refractivity contribution in [2.75, 3.05) is 5.32 Å². The van der Waals surface area contributed by atoms with Crippen molar-refractivity contribution in [2.45, 2.75) is 13.0 Å². The molecule has 112 valence electrons. The Labute approximate surface area is 146 Å². The monoisotopic (exact) mass is 385 g/mol. The number of benzene rings is 2. The predicted octanol–water partition coefficient (Wildman–Crippen LogP) is 7.27. The first-order valence-electron chi connectivity index (χ1n) is 5.85. The summed E-state index contributed by atoms with van der Waals surface area (Å²) in [5, 5.41) is 4.57. The zero-order valence-electron chi connectivity index (χ0n) is 10.7. The van der Waals surface area contributed by atoms with Gasteiger partial charge in [0.1, 0.15) is 5.82 Å². The molecule has 0 saturated carbocycles. The third-order valence-corrected chi connectivity index (χ3v) is 4.31. The number of hydrogen-bond donors (Lipinski definition) is 1. The summed E-state index contributed by atoms with van der Waals surface area (Å²) in [6.45, 7) is 1.80. The van der Waals surface area contributed by atoms with Crippen LogP contribution in [0.15, 0.2) is 24.3 Å². The van der Waals surface area contributed by atoms with Crippen LogP contribution in [-0.2, 0) is 0 Å². The first-order chi connectivity index (χ1) is 9.79. The van der Waals surface area contributed by atoms with Gasteiger partial charge in [0.25, 0.3) is 0 Å². The molecule has 1 nitrogen and oxygen atoms in total. The predicted molar refractivity (Wildman–Crippen MR) is 89.9 cm³/mol. The van der Waals surface area contributed by atoms with Crippen LogP contribution in [0.5, 0.6) is 0 Å². The van der Waals surface area contributed by atoms with Gasteiger partial charge in [-0.2, -0.15) is 0 Å². The van der Waals surface area contributed by atoms with E-state index in [1.807, 2.05) is 0 Å². The molecular formula is C14H9Cl5FN. The van der Waals surface area contributed by atoms with Gasteiger partial charge < -0.3 is 5.32 Å². The van der Waals surface area contributed by atoms with Crippen molar-refractivity contribution in [1.29, 1.82) is 0 Å². The lowest BCUT2D eigenvalue weighted by Gasteiger charge is -2.19. The van der Waals surface area contributed by atoms with Crippen LogP contribution < -0.4 is 5.32 Å². The van der Waals surface area contributed by atoms with E-state index in [2.05, 4.69) is 5.32 Å². The van der Waals surface area contributed by atoms with Gasteiger partial charge in [-0.15, -0.1) is 0 Å². The van der Waals surface area contributed by atoms with Gasteiger partial charge in [0.2, 0.25) is 0 Å². The molecule has 0 spiro atoms. The fourth-order valence-electron chi connectivity index (χ4n) is 1.84. The summed E-state index contributed by atoms with van der Waals surface area (Å²) in [6, 6.07) is 5.43. The van der Waals surface area contributed by atoms with E-state index in [9.17, 15) is 4.39 Å². The minimum absolute atomic E-state index is 0.0292. The average Bonchev–Trinajstić information content (AvgIpc) is 2.37. The Bertz CT molecular complexity index is 666. The van der Waals surface area contributed by atoms with E-state index in [1.165, 1.54) is 12.1 Å². The molecule has 1 atom stereocenters. The molecular weight excluding hydrogens is 378 g/mol. The quantitative estimate of drug-likeness (QED) is 0.546. The molecule has 0 aliphatic rings. The van der Waals surface area contributed by atoms with E-state index in [4.69, 9.17) is 58.0 Å². The molecule has 0 fully saturated rings. The Hall–Kier alpha value is -0.380. The Morgan fingerprint density at radius 3 is 2.00 bits per heavy atom. The smallest absolute Gasteiger partial charge is 0.142 e. The maximum absolute atomic E-state index is 13.6. The number of nitrogens with one attached hydrogen (secondary N) is 1. The van der Waals surface area contributed by atoms with Crippen LogP contribution in [-0.4, -0.2) is 0 Å². The summed E-state index contributed by atoms with van der Waals surface area (Å²) >= 11 is 29.8. The molecule has 1 N–H and O–H groups in total. The molecule has 0 aliphatic carbocycles. The van der Waals surface area contributed by atoms with E-state index < -0.39 is 5.82 Å². The van der Waals surface area contributed by atoms with Crippen LogP contribution in [0, 0.1) is 5.82 Å². The fraction of sp³-hybridized carbons (Fsp3) is 0.143. The topological polar surface area (TPSA) is 12.0 Å². The maximum atomic E-state index is 13.6. The number of hydrogen-bond acceptors (Lipinski definition) is 1. The molecule has 7 heteroatoms. The van der Waals surface area contributed by atoms with Crippen molar-refractivity contribution in [3.05, 3.63) is 60.8 Å². The molecule has 2 aromatic rings. The lowest BCUT2D eigenvalue weighted by molar-refractivity contribution is 0.624. The summed E-state index contributed by atoms with van der Waals surface area (Å²) in [6.07, 6.45) is 0. The molecule has 0 aromatic heterocycles. The van der Waals surface area contributed by atoms with E-state index >= 15 is 0 Å². The highest BCUT2D eigenvalue weighted by Gasteiger charge is 2.16. The van der Waals surface area contributed by atoms with Crippen molar-refractivity contribution < 1.29 is 4.39 Å². The lowest BCUT2D eigenvalue weighted by atomic mass is 10.1. The van der Waals surface area contributed by atoms with Crippen molar-refractivity contribution in [1.82, 2.24) is 0 Å². The van der Waals surface area contributed by atoms with Crippen molar-refractivity contribution in [2.24, 2.45) is 0 Å². The largest absolute Gasteiger partial charge is 0.376 e. The summed E-state index contributed by atoms with van der Waals surface area (Å²) in [4.78, 5) is 0. The van der Waals surface area contributed by atoms with Crippen LogP contribution >= 0.6 is 58.0 Å². The third kappa shape index (κ3) is 3.88. The second-order valence-electron chi connectivity index (χ2n) is 4.40. The third-order valence-electron chi connectivity index (χ3n) is 2.87. The highest BCUT2D eigenvalue weighted by Crippen LogP contribution is 2.37. The van der Waals surface area contributed by atoms with Gasteiger partial charge >= 0.3 is 0 Å². The second-order valence-corrected chi connectivity index (χ2v) is 6.46. The van der Waals surface area contributed by atoms with Crippen LogP contribution in [0.2, 0.25) is 25.1 Å². The van der Waals surface area contributed by atoms with Crippen LogP contribution in [0.4, 0.5) is 10.1 Å². The summed E-state index contributed by atoms with van der Waals surface area (Å²) in [5.74, 6) is -0.544. The van der Waals surface area contributed by atoms with Crippen molar-refractivity contribution in [3.63, 3.8) is 0 Å². The zero-order chi connectivity index (χ0) is 15.7. The summed E-state index contributed by atoms with van der Waals surface area (Å²) in [7, 11) is 0. The first-order valence-corrected chi connectivity index (χ1v) is 7.74. The standard InChI is InChI=1S/C14H9Cl5FN/c1-6(8-4-13(20)10(17)5-9(8)16)21-14-11(18)2-7(15)3-12(14)19/h2-6,21H,1H3. The number of halogens is 6. The minimum Gasteiger partial charge on any atom is -0.376 e. The van der Waals surface area contributed by atoms with Gasteiger partial charge in [-0.05, 0) is 36.8 Å². The molecule has 0 bridgehead atoms. The van der Waals surface area contributed by atoms with E-state index in [0.29, 0.717) is 31.3 Å². The normalized spacial score (nSPS) is 12.3. The maximum Gasteiger partial charge on any atom is 0.142 e. The van der Waals surface area contributed by atoms with Gasteiger partial charge in [0, 0.05) is 10.0 Å². The Kier molecular flexibility index (Phi) is 5.50. The SMILES string of the molecule is CC(Nc1c(Cl)cc(Cl)cc1Cl)c1cc(F)c(Cl)cc1Cl. The molecule has 0 aliphatic heterocycles. The highest BCUT2D eigenvalue weighted by atomic mass is 35.5. The molecule has 0 saturated heterocycles. The van der Waals surface area contributed by atoms with Gasteiger partial charge in [-0.1, -0.05) is 58.0 Å². The van der Waals surface area contributed by atoms with Crippen molar-refractivity contribution in [3.8, 4) is 0 Å². The number of rotatable bonds is 3. The Balaban J connectivity index is 2.35. The molecule has 0 heterocycles. The van der Waals surface area contributed by atoms with Crippen LogP contribution in [0.25, 0.3) is 0 Å². The minimum atomic E-state index is -0.544. The Morgan fingerprint density at radius 1 is 0.857 bits per heavy atom. The molecule has 2 rings (SSSR count). The fourth-order valence-corrected chi connectivity index (χ4v) is 3.32. The summed E-state index contributed by atoms with van der Waals surface area (Å²) in [5.41, 5.74) is 1.04.